The average molecular weight is 165 g/mol. The molecule has 11 heavy (non-hydrogen) atoms. The highest BCUT2D eigenvalue weighted by atomic mass is 19.4. The first-order chi connectivity index (χ1) is 5.08. The summed E-state index contributed by atoms with van der Waals surface area (Å²) in [6.07, 6.45) is -0.686. The fourth-order valence-electron chi connectivity index (χ4n) is 0.675. The molecule has 1 rings (SSSR count). The number of aliphatic imine (C=N–C) groups is 1. The Morgan fingerprint density at radius 2 is 2.09 bits per heavy atom. The van der Waals surface area contributed by atoms with Crippen molar-refractivity contribution < 1.29 is 17.9 Å². The Labute approximate surface area is 61.4 Å². The maximum Gasteiger partial charge on any atom is 0.574 e. The average Bonchev–Trinajstić information content (AvgIpc) is 1.85. The quantitative estimate of drug-likeness (QED) is 0.583. The Morgan fingerprint density at radius 1 is 1.36 bits per heavy atom. The van der Waals surface area contributed by atoms with E-state index >= 15 is 0 Å². The number of alkyl halides is 3. The minimum atomic E-state index is -4.62. The Balaban J connectivity index is 2.49. The van der Waals surface area contributed by atoms with Crippen molar-refractivity contribution in [3.63, 3.8) is 0 Å². The van der Waals surface area contributed by atoms with E-state index < -0.39 is 6.36 Å². The van der Waals surface area contributed by atoms with E-state index in [2.05, 4.69) is 9.73 Å². The molecule has 62 valence electrons. The van der Waals surface area contributed by atoms with Gasteiger partial charge in [-0.05, 0) is 18.9 Å². The summed E-state index contributed by atoms with van der Waals surface area (Å²) in [4.78, 5) is 3.41. The number of rotatable bonds is 1. The first kappa shape index (κ1) is 8.10. The molecule has 0 bridgehead atoms. The predicted octanol–water partition coefficient (Wildman–Crippen LogP) is 2.23. The zero-order valence-corrected chi connectivity index (χ0v) is 5.56. The predicted molar refractivity (Wildman–Crippen MR) is 32.9 cm³/mol. The lowest BCUT2D eigenvalue weighted by Gasteiger charge is -2.10. The second kappa shape index (κ2) is 2.94. The van der Waals surface area contributed by atoms with Gasteiger partial charge in [0.15, 0.2) is 0 Å². The van der Waals surface area contributed by atoms with Crippen LogP contribution in [0.2, 0.25) is 0 Å². The van der Waals surface area contributed by atoms with Crippen LogP contribution in [0.3, 0.4) is 0 Å². The third-order valence-corrected chi connectivity index (χ3v) is 1.05. The van der Waals surface area contributed by atoms with Gasteiger partial charge in [-0.1, -0.05) is 0 Å². The summed E-state index contributed by atoms with van der Waals surface area (Å²) in [6.45, 7) is 0. The monoisotopic (exact) mass is 165 g/mol. The summed E-state index contributed by atoms with van der Waals surface area (Å²) < 4.78 is 38.1. The summed E-state index contributed by atoms with van der Waals surface area (Å²) in [6, 6.07) is 0. The van der Waals surface area contributed by atoms with Gasteiger partial charge in [-0.15, -0.1) is 13.2 Å². The fraction of sp³-hybridized carbons (Fsp3) is 0.500. The Bertz CT molecular complexity index is 194. The lowest BCUT2D eigenvalue weighted by Crippen LogP contribution is -2.12. The summed E-state index contributed by atoms with van der Waals surface area (Å²) >= 11 is 0. The van der Waals surface area contributed by atoms with Crippen LogP contribution in [-0.2, 0) is 4.74 Å². The molecule has 2 nitrogen and oxygen atoms in total. The third kappa shape index (κ3) is 3.06. The first-order valence-electron chi connectivity index (χ1n) is 3.06. The molecule has 0 spiro atoms. The van der Waals surface area contributed by atoms with Gasteiger partial charge in [0.2, 0.25) is 5.88 Å². The highest BCUT2D eigenvalue weighted by molar-refractivity contribution is 5.60. The molecule has 0 N–H and O–H groups in total. The van der Waals surface area contributed by atoms with E-state index in [9.17, 15) is 13.2 Å². The van der Waals surface area contributed by atoms with Crippen LogP contribution in [0.25, 0.3) is 0 Å². The van der Waals surface area contributed by atoms with Gasteiger partial charge in [0.1, 0.15) is 0 Å². The van der Waals surface area contributed by atoms with Crippen LogP contribution in [-0.4, -0.2) is 12.6 Å². The highest BCUT2D eigenvalue weighted by Gasteiger charge is 2.32. The molecular weight excluding hydrogens is 159 g/mol. The van der Waals surface area contributed by atoms with E-state index in [0.29, 0.717) is 12.8 Å². The molecule has 0 saturated heterocycles. The van der Waals surface area contributed by atoms with Crippen LogP contribution in [0.1, 0.15) is 12.8 Å². The zero-order valence-electron chi connectivity index (χ0n) is 5.56. The molecular formula is C6H6F3NO. The molecule has 0 saturated carbocycles. The maximum atomic E-state index is 11.5. The van der Waals surface area contributed by atoms with Gasteiger partial charge in [0.25, 0.3) is 0 Å². The Morgan fingerprint density at radius 3 is 2.55 bits per heavy atom. The molecule has 0 amide bonds. The van der Waals surface area contributed by atoms with E-state index in [0.717, 1.165) is 0 Å². The lowest BCUT2D eigenvalue weighted by atomic mass is 10.3. The number of hydrogen-bond acceptors (Lipinski definition) is 2. The van der Waals surface area contributed by atoms with Crippen molar-refractivity contribution >= 4 is 6.21 Å². The number of ether oxygens (including phenoxy) is 1. The summed E-state index contributed by atoms with van der Waals surface area (Å²) in [5, 5.41) is 0. The molecule has 0 atom stereocenters. The van der Waals surface area contributed by atoms with Crippen molar-refractivity contribution in [2.45, 2.75) is 19.2 Å². The normalized spacial score (nSPS) is 17.9. The SMILES string of the molecule is FC(F)(F)OC1=CCCC=N1. The highest BCUT2D eigenvalue weighted by Crippen LogP contribution is 2.22. The Kier molecular flexibility index (Phi) is 2.16. The molecule has 0 aromatic carbocycles. The number of allylic oxidation sites excluding steroid dienone is 1. The van der Waals surface area contributed by atoms with Gasteiger partial charge in [-0.25, -0.2) is 4.99 Å². The van der Waals surface area contributed by atoms with E-state index in [4.69, 9.17) is 0 Å². The molecule has 1 aliphatic rings. The second-order valence-corrected chi connectivity index (χ2v) is 1.98. The van der Waals surface area contributed by atoms with Crippen LogP contribution in [0.15, 0.2) is 17.0 Å². The van der Waals surface area contributed by atoms with Crippen LogP contribution < -0.4 is 0 Å². The topological polar surface area (TPSA) is 21.6 Å². The maximum absolute atomic E-state index is 11.5. The van der Waals surface area contributed by atoms with E-state index in [-0.39, 0.29) is 5.88 Å². The van der Waals surface area contributed by atoms with E-state index in [1.807, 2.05) is 0 Å². The molecule has 0 radical (unpaired) electrons. The van der Waals surface area contributed by atoms with Crippen molar-refractivity contribution in [1.29, 1.82) is 0 Å². The zero-order chi connectivity index (χ0) is 8.32. The van der Waals surface area contributed by atoms with Crippen LogP contribution >= 0.6 is 0 Å². The molecule has 0 fully saturated rings. The molecule has 0 aromatic heterocycles. The minimum Gasteiger partial charge on any atom is -0.388 e. The third-order valence-electron chi connectivity index (χ3n) is 1.05. The van der Waals surface area contributed by atoms with Crippen LogP contribution in [0, 0.1) is 0 Å². The molecule has 0 aromatic rings. The van der Waals surface area contributed by atoms with Crippen molar-refractivity contribution in [2.75, 3.05) is 0 Å². The molecule has 1 aliphatic heterocycles. The van der Waals surface area contributed by atoms with E-state index in [1.54, 1.807) is 0 Å². The van der Waals surface area contributed by atoms with Gasteiger partial charge in [0.05, 0.1) is 0 Å². The summed E-state index contributed by atoms with van der Waals surface area (Å²) in [5.74, 6) is -0.358. The van der Waals surface area contributed by atoms with Crippen molar-refractivity contribution in [3.05, 3.63) is 12.0 Å². The molecule has 0 unspecified atom stereocenters. The second-order valence-electron chi connectivity index (χ2n) is 1.98. The summed E-state index contributed by atoms with van der Waals surface area (Å²) in [5.41, 5.74) is 0. The fourth-order valence-corrected chi connectivity index (χ4v) is 0.675. The van der Waals surface area contributed by atoms with E-state index in [1.165, 1.54) is 12.3 Å². The van der Waals surface area contributed by atoms with Gasteiger partial charge in [-0.3, -0.25) is 0 Å². The van der Waals surface area contributed by atoms with Crippen LogP contribution in [0.4, 0.5) is 13.2 Å². The van der Waals surface area contributed by atoms with Crippen molar-refractivity contribution in [1.82, 2.24) is 0 Å². The lowest BCUT2D eigenvalue weighted by molar-refractivity contribution is -0.305. The molecule has 1 heterocycles. The number of hydrogen-bond donors (Lipinski definition) is 0. The molecule has 0 aliphatic carbocycles. The Hall–Kier alpha value is -1.00. The largest absolute Gasteiger partial charge is 0.574 e. The molecule has 5 heteroatoms. The number of halogens is 3. The van der Waals surface area contributed by atoms with Gasteiger partial charge < -0.3 is 4.74 Å². The number of nitrogens with zero attached hydrogens (tertiary/aromatic N) is 1. The standard InChI is InChI=1S/C6H6F3NO/c7-6(8,9)11-5-3-1-2-4-10-5/h3-4H,1-2H2. The minimum absolute atomic E-state index is 0.358. The van der Waals surface area contributed by atoms with Crippen molar-refractivity contribution in [2.24, 2.45) is 4.99 Å². The van der Waals surface area contributed by atoms with Gasteiger partial charge >= 0.3 is 6.36 Å². The smallest absolute Gasteiger partial charge is 0.388 e. The van der Waals surface area contributed by atoms with Crippen LogP contribution in [0.5, 0.6) is 0 Å². The van der Waals surface area contributed by atoms with Crippen molar-refractivity contribution in [3.8, 4) is 0 Å². The summed E-state index contributed by atoms with van der Waals surface area (Å²) in [7, 11) is 0. The van der Waals surface area contributed by atoms with Gasteiger partial charge in [-0.2, -0.15) is 0 Å². The van der Waals surface area contributed by atoms with Gasteiger partial charge in [0, 0.05) is 6.21 Å². The first-order valence-corrected chi connectivity index (χ1v) is 3.06.